The Hall–Kier alpha value is -0.650. The molecule has 0 aromatic carbocycles. The molecule has 0 spiro atoms. The molecule has 0 N–H and O–H groups in total. The molecule has 3 heterocycles. The van der Waals surface area contributed by atoms with Gasteiger partial charge in [0.15, 0.2) is 0 Å². The van der Waals surface area contributed by atoms with Crippen LogP contribution in [0.4, 0.5) is 0 Å². The SMILES string of the molecule is CC1CCN(CC2CCCN(C(=O)c3cc(Br)cnc3Cl)C2)CC1. The number of carbonyl (C=O) groups is 1. The lowest BCUT2D eigenvalue weighted by molar-refractivity contribution is 0.0622. The average Bonchev–Trinajstić information content (AvgIpc) is 2.59. The minimum atomic E-state index is 0.00534. The largest absolute Gasteiger partial charge is 0.338 e. The highest BCUT2D eigenvalue weighted by Gasteiger charge is 2.28. The van der Waals surface area contributed by atoms with Crippen LogP contribution >= 0.6 is 27.5 Å². The third kappa shape index (κ3) is 4.50. The van der Waals surface area contributed by atoms with Crippen LogP contribution in [-0.4, -0.2) is 53.4 Å². The van der Waals surface area contributed by atoms with E-state index in [1.54, 1.807) is 12.3 Å². The standard InChI is InChI=1S/C18H25BrClN3O/c1-13-4-7-22(8-5-13)11-14-3-2-6-23(12-14)18(24)16-9-15(19)10-21-17(16)20/h9-10,13-14H,2-8,11-12H2,1H3. The predicted molar refractivity (Wildman–Crippen MR) is 100 cm³/mol. The summed E-state index contributed by atoms with van der Waals surface area (Å²) in [6, 6.07) is 1.77. The molecule has 0 saturated carbocycles. The van der Waals surface area contributed by atoms with Gasteiger partial charge < -0.3 is 9.80 Å². The minimum absolute atomic E-state index is 0.00534. The van der Waals surface area contributed by atoms with Crippen LogP contribution in [0.15, 0.2) is 16.7 Å². The molecular weight excluding hydrogens is 390 g/mol. The van der Waals surface area contributed by atoms with Gasteiger partial charge in [0, 0.05) is 30.3 Å². The number of rotatable bonds is 3. The number of hydrogen-bond donors (Lipinski definition) is 0. The van der Waals surface area contributed by atoms with Crippen LogP contribution in [0.5, 0.6) is 0 Å². The van der Waals surface area contributed by atoms with Crippen molar-refractivity contribution >= 4 is 33.4 Å². The maximum atomic E-state index is 12.8. The molecule has 1 atom stereocenters. The molecule has 0 aliphatic carbocycles. The normalized spacial score (nSPS) is 23.5. The van der Waals surface area contributed by atoms with Crippen LogP contribution in [-0.2, 0) is 0 Å². The van der Waals surface area contributed by atoms with Crippen LogP contribution in [0.3, 0.4) is 0 Å². The van der Waals surface area contributed by atoms with Crippen molar-refractivity contribution in [3.05, 3.63) is 27.5 Å². The summed E-state index contributed by atoms with van der Waals surface area (Å²) in [5.74, 6) is 1.43. The van der Waals surface area contributed by atoms with Gasteiger partial charge in [-0.3, -0.25) is 4.79 Å². The van der Waals surface area contributed by atoms with Crippen molar-refractivity contribution in [3.63, 3.8) is 0 Å². The van der Waals surface area contributed by atoms with Gasteiger partial charge in [-0.1, -0.05) is 18.5 Å². The highest BCUT2D eigenvalue weighted by atomic mass is 79.9. The number of likely N-dealkylation sites (tertiary alicyclic amines) is 2. The average molecular weight is 415 g/mol. The Balaban J connectivity index is 1.60. The molecule has 4 nitrogen and oxygen atoms in total. The maximum absolute atomic E-state index is 12.8. The zero-order valence-corrected chi connectivity index (χ0v) is 16.5. The number of piperidine rings is 2. The molecule has 6 heteroatoms. The lowest BCUT2D eigenvalue weighted by Gasteiger charge is -2.38. The first kappa shape index (κ1) is 18.2. The summed E-state index contributed by atoms with van der Waals surface area (Å²) in [6.07, 6.45) is 6.50. The number of nitrogens with zero attached hydrogens (tertiary/aromatic N) is 3. The summed E-state index contributed by atoms with van der Waals surface area (Å²) in [7, 11) is 0. The van der Waals surface area contributed by atoms with Crippen LogP contribution in [0.25, 0.3) is 0 Å². The summed E-state index contributed by atoms with van der Waals surface area (Å²) in [5, 5.41) is 0.287. The maximum Gasteiger partial charge on any atom is 0.257 e. The zero-order chi connectivity index (χ0) is 17.1. The van der Waals surface area contributed by atoms with E-state index in [1.165, 1.54) is 32.4 Å². The number of halogens is 2. The summed E-state index contributed by atoms with van der Waals surface area (Å²) in [5.41, 5.74) is 0.499. The molecule has 1 aromatic rings. The van der Waals surface area contributed by atoms with Gasteiger partial charge in [0.2, 0.25) is 0 Å². The van der Waals surface area contributed by atoms with Gasteiger partial charge in [-0.2, -0.15) is 0 Å². The Morgan fingerprint density at radius 3 is 2.83 bits per heavy atom. The molecule has 0 radical (unpaired) electrons. The van der Waals surface area contributed by atoms with Crippen molar-refractivity contribution in [2.75, 3.05) is 32.7 Å². The van der Waals surface area contributed by atoms with Gasteiger partial charge in [0.25, 0.3) is 5.91 Å². The molecule has 132 valence electrons. The Kier molecular flexibility index (Phi) is 6.17. The second kappa shape index (κ2) is 8.15. The van der Waals surface area contributed by atoms with Gasteiger partial charge in [0.1, 0.15) is 5.15 Å². The van der Waals surface area contributed by atoms with Gasteiger partial charge in [-0.15, -0.1) is 0 Å². The van der Waals surface area contributed by atoms with Gasteiger partial charge in [-0.05, 0) is 72.6 Å². The monoisotopic (exact) mass is 413 g/mol. The van der Waals surface area contributed by atoms with Crippen molar-refractivity contribution in [2.45, 2.75) is 32.6 Å². The molecule has 1 amide bonds. The number of hydrogen-bond acceptors (Lipinski definition) is 3. The lowest BCUT2D eigenvalue weighted by Crippen LogP contribution is -2.45. The van der Waals surface area contributed by atoms with Crippen LogP contribution < -0.4 is 0 Å². The minimum Gasteiger partial charge on any atom is -0.338 e. The highest BCUT2D eigenvalue weighted by Crippen LogP contribution is 2.25. The molecule has 2 fully saturated rings. The first-order valence-electron chi connectivity index (χ1n) is 8.85. The lowest BCUT2D eigenvalue weighted by atomic mass is 9.94. The van der Waals surface area contributed by atoms with Crippen molar-refractivity contribution in [1.29, 1.82) is 0 Å². The quantitative estimate of drug-likeness (QED) is 0.699. The second-order valence-corrected chi connectivity index (χ2v) is 8.51. The molecular formula is C18H25BrClN3O. The summed E-state index contributed by atoms with van der Waals surface area (Å²) in [4.78, 5) is 21.4. The Morgan fingerprint density at radius 2 is 2.08 bits per heavy atom. The number of carbonyl (C=O) groups excluding carboxylic acids is 1. The van der Waals surface area contributed by atoms with Crippen LogP contribution in [0, 0.1) is 11.8 Å². The summed E-state index contributed by atoms with van der Waals surface area (Å²) < 4.78 is 0.784. The topological polar surface area (TPSA) is 36.4 Å². The number of amides is 1. The number of aromatic nitrogens is 1. The molecule has 0 bridgehead atoms. The van der Waals surface area contributed by atoms with Gasteiger partial charge in [-0.25, -0.2) is 4.98 Å². The van der Waals surface area contributed by atoms with E-state index in [0.29, 0.717) is 11.5 Å². The van der Waals surface area contributed by atoms with E-state index in [0.717, 1.165) is 36.4 Å². The Morgan fingerprint density at radius 1 is 1.33 bits per heavy atom. The highest BCUT2D eigenvalue weighted by molar-refractivity contribution is 9.10. The molecule has 2 saturated heterocycles. The van der Waals surface area contributed by atoms with Crippen molar-refractivity contribution < 1.29 is 4.79 Å². The molecule has 2 aliphatic rings. The fourth-order valence-corrected chi connectivity index (χ4v) is 4.27. The summed E-state index contributed by atoms with van der Waals surface area (Å²) in [6.45, 7) is 7.50. The van der Waals surface area contributed by atoms with E-state index >= 15 is 0 Å². The third-order valence-electron chi connectivity index (χ3n) is 5.23. The van der Waals surface area contributed by atoms with E-state index in [-0.39, 0.29) is 11.1 Å². The fraction of sp³-hybridized carbons (Fsp3) is 0.667. The number of pyridine rings is 1. The van der Waals surface area contributed by atoms with E-state index in [2.05, 4.69) is 32.7 Å². The fourth-order valence-electron chi connectivity index (χ4n) is 3.75. The first-order chi connectivity index (χ1) is 11.5. The Bertz CT molecular complexity index is 590. The molecule has 2 aliphatic heterocycles. The van der Waals surface area contributed by atoms with Crippen LogP contribution in [0.2, 0.25) is 5.15 Å². The van der Waals surface area contributed by atoms with E-state index in [1.807, 2.05) is 4.90 Å². The van der Waals surface area contributed by atoms with Gasteiger partial charge in [0.05, 0.1) is 5.56 Å². The zero-order valence-electron chi connectivity index (χ0n) is 14.2. The van der Waals surface area contributed by atoms with Crippen molar-refractivity contribution in [3.8, 4) is 0 Å². The third-order valence-corrected chi connectivity index (χ3v) is 5.97. The Labute approximate surface area is 157 Å². The van der Waals surface area contributed by atoms with E-state index in [9.17, 15) is 4.79 Å². The van der Waals surface area contributed by atoms with Crippen LogP contribution in [0.1, 0.15) is 43.0 Å². The second-order valence-electron chi connectivity index (χ2n) is 7.23. The van der Waals surface area contributed by atoms with E-state index < -0.39 is 0 Å². The molecule has 1 aromatic heterocycles. The van der Waals surface area contributed by atoms with Crippen molar-refractivity contribution in [1.82, 2.24) is 14.8 Å². The molecule has 1 unspecified atom stereocenters. The first-order valence-corrected chi connectivity index (χ1v) is 10.0. The van der Waals surface area contributed by atoms with Crippen molar-refractivity contribution in [2.24, 2.45) is 11.8 Å². The smallest absolute Gasteiger partial charge is 0.257 e. The predicted octanol–water partition coefficient (Wildman–Crippen LogP) is 4.08. The molecule has 3 rings (SSSR count). The summed E-state index contributed by atoms with van der Waals surface area (Å²) >= 11 is 9.50. The molecule has 24 heavy (non-hydrogen) atoms. The van der Waals surface area contributed by atoms with E-state index in [4.69, 9.17) is 11.6 Å². The van der Waals surface area contributed by atoms with Gasteiger partial charge >= 0.3 is 0 Å².